The lowest BCUT2D eigenvalue weighted by atomic mass is 9.96. The van der Waals surface area contributed by atoms with Crippen molar-refractivity contribution in [2.24, 2.45) is 50.5 Å². The van der Waals surface area contributed by atoms with Gasteiger partial charge in [-0.1, -0.05) is 70.9 Å². The van der Waals surface area contributed by atoms with Gasteiger partial charge in [-0.25, -0.2) is 0 Å². The highest BCUT2D eigenvalue weighted by molar-refractivity contribution is 5.97. The predicted octanol–water partition coefficient (Wildman–Crippen LogP) is -2.15. The summed E-state index contributed by atoms with van der Waals surface area (Å²) in [6.07, 6.45) is 1.49. The largest absolute Gasteiger partial charge is 0.481 e. The molecule has 318 valence electrons. The summed E-state index contributed by atoms with van der Waals surface area (Å²) in [5, 5.41) is 22.6. The Hall–Kier alpha value is -5.79. The third-order valence-electron chi connectivity index (χ3n) is 9.27. The van der Waals surface area contributed by atoms with Crippen LogP contribution in [0.2, 0.25) is 0 Å². The van der Waals surface area contributed by atoms with Crippen molar-refractivity contribution >= 4 is 53.7 Å². The Morgan fingerprint density at radius 1 is 0.684 bits per heavy atom. The number of aliphatic carboxylic acids is 1. The Morgan fingerprint density at radius 3 is 1.65 bits per heavy atom. The first-order valence-electron chi connectivity index (χ1n) is 19.0. The topological polar surface area (TPSA) is 355 Å². The van der Waals surface area contributed by atoms with E-state index in [9.17, 15) is 38.7 Å². The standard InChI is InChI=1S/C37H62N12O8/c1-5-21(3)29(34(56)45-24(20-50)18-23-12-8-7-9-13-23)49-32(54)26(15-11-17-44-37(41)42)46-33(55)27(19-28(51)52)47-35(57)30(22(4)6-2)48-31(53)25(38)14-10-16-43-36(39)40/h7-9,12-13,20-22,24-27,29-30H,5-6,10-11,14-19,38H2,1-4H3,(H,45,56)(H,46,55)(H,47,57)(H,48,53)(H,49,54)(H,51,52)(H4,39,40,43)(H4,41,42,44)/t21-,22-,24-,25-,26-,27-,29-,30-/m0/s1. The Bertz CT molecular complexity index is 1540. The molecule has 0 fully saturated rings. The Labute approximate surface area is 333 Å². The molecular weight excluding hydrogens is 740 g/mol. The summed E-state index contributed by atoms with van der Waals surface area (Å²) in [5.74, 6) is -6.59. The number of hydrogen-bond donors (Lipinski definition) is 11. The summed E-state index contributed by atoms with van der Waals surface area (Å²) in [5.41, 5.74) is 28.4. The highest BCUT2D eigenvalue weighted by Gasteiger charge is 2.35. The minimum atomic E-state index is -1.69. The maximum absolute atomic E-state index is 13.9. The minimum Gasteiger partial charge on any atom is -0.481 e. The number of carboxylic acid groups (broad SMARTS) is 1. The Morgan fingerprint density at radius 2 is 1.16 bits per heavy atom. The quantitative estimate of drug-likeness (QED) is 0.0196. The van der Waals surface area contributed by atoms with Gasteiger partial charge in [0.25, 0.3) is 0 Å². The lowest BCUT2D eigenvalue weighted by Crippen LogP contribution is -2.60. The van der Waals surface area contributed by atoms with Crippen LogP contribution < -0.4 is 55.3 Å². The van der Waals surface area contributed by atoms with Crippen LogP contribution in [0.15, 0.2) is 40.3 Å². The number of aliphatic imine (C=N–C) groups is 2. The normalized spacial score (nSPS) is 15.0. The number of nitrogens with zero attached hydrogens (tertiary/aromatic N) is 2. The molecule has 0 unspecified atom stereocenters. The summed E-state index contributed by atoms with van der Waals surface area (Å²) in [4.78, 5) is 99.3. The summed E-state index contributed by atoms with van der Waals surface area (Å²) in [6.45, 7) is 7.30. The predicted molar refractivity (Wildman–Crippen MR) is 215 cm³/mol. The Balaban J connectivity index is 3.29. The molecule has 0 aliphatic carbocycles. The summed E-state index contributed by atoms with van der Waals surface area (Å²) >= 11 is 0. The number of amides is 5. The van der Waals surface area contributed by atoms with Gasteiger partial charge in [-0.2, -0.15) is 0 Å². The maximum atomic E-state index is 13.9. The van der Waals surface area contributed by atoms with Gasteiger partial charge in [0.2, 0.25) is 29.5 Å². The van der Waals surface area contributed by atoms with Crippen LogP contribution in [0.1, 0.15) is 78.2 Å². The van der Waals surface area contributed by atoms with Gasteiger partial charge in [-0.05, 0) is 49.5 Å². The van der Waals surface area contributed by atoms with E-state index < -0.39 is 90.0 Å². The second kappa shape index (κ2) is 26.1. The van der Waals surface area contributed by atoms with Gasteiger partial charge in [0.05, 0.1) is 18.5 Å². The molecule has 1 aromatic rings. The molecular formula is C37H62N12O8. The van der Waals surface area contributed by atoms with Gasteiger partial charge >= 0.3 is 5.97 Å². The molecule has 0 spiro atoms. The molecule has 0 saturated heterocycles. The fourth-order valence-electron chi connectivity index (χ4n) is 5.53. The van der Waals surface area contributed by atoms with Gasteiger partial charge in [-0.3, -0.25) is 38.8 Å². The van der Waals surface area contributed by atoms with Gasteiger partial charge in [0.15, 0.2) is 11.9 Å². The average Bonchev–Trinajstić information content (AvgIpc) is 3.16. The highest BCUT2D eigenvalue weighted by atomic mass is 16.4. The maximum Gasteiger partial charge on any atom is 0.305 e. The SMILES string of the molecule is CC[C@H](C)[C@H](NC(=O)[C@H](CCCN=C(N)N)NC(=O)[C@H](CC(=O)O)NC(=O)[C@@H](NC(=O)[C@@H](N)CCCN=C(N)N)[C@@H](C)CC)C(=O)N[C@H](C=O)Cc1ccccc1. The molecule has 0 saturated carbocycles. The number of nitrogens with one attached hydrogen (secondary N) is 5. The molecule has 0 heterocycles. The molecule has 16 N–H and O–H groups in total. The van der Waals surface area contributed by atoms with E-state index in [1.165, 1.54) is 0 Å². The van der Waals surface area contributed by atoms with Crippen LogP contribution in [0, 0.1) is 11.8 Å². The average molecular weight is 803 g/mol. The van der Waals surface area contributed by atoms with E-state index in [2.05, 4.69) is 36.6 Å². The van der Waals surface area contributed by atoms with Gasteiger partial charge in [0, 0.05) is 13.1 Å². The molecule has 1 rings (SSSR count). The molecule has 0 aliphatic heterocycles. The molecule has 0 radical (unpaired) electrons. The van der Waals surface area contributed by atoms with Crippen molar-refractivity contribution in [2.45, 2.75) is 115 Å². The first-order valence-corrected chi connectivity index (χ1v) is 19.0. The fraction of sp³-hybridized carbons (Fsp3) is 0.595. The van der Waals surface area contributed by atoms with Gasteiger partial charge < -0.3 is 65.2 Å². The van der Waals surface area contributed by atoms with Gasteiger partial charge in [0.1, 0.15) is 30.5 Å². The van der Waals surface area contributed by atoms with E-state index in [1.54, 1.807) is 32.9 Å². The van der Waals surface area contributed by atoms with Crippen LogP contribution in [0.5, 0.6) is 0 Å². The van der Waals surface area contributed by atoms with Crippen LogP contribution in [-0.2, 0) is 40.0 Å². The van der Waals surface area contributed by atoms with E-state index in [0.29, 0.717) is 25.5 Å². The van der Waals surface area contributed by atoms with Crippen LogP contribution in [0.3, 0.4) is 0 Å². The molecule has 0 aliphatic rings. The van der Waals surface area contributed by atoms with E-state index in [0.717, 1.165) is 5.56 Å². The second-order valence-corrected chi connectivity index (χ2v) is 13.9. The number of nitrogens with two attached hydrogens (primary N) is 5. The zero-order valence-corrected chi connectivity index (χ0v) is 33.2. The molecule has 0 aromatic heterocycles. The second-order valence-electron chi connectivity index (χ2n) is 13.9. The molecule has 20 heteroatoms. The lowest BCUT2D eigenvalue weighted by Gasteiger charge is -2.29. The van der Waals surface area contributed by atoms with Crippen molar-refractivity contribution in [1.82, 2.24) is 26.6 Å². The lowest BCUT2D eigenvalue weighted by molar-refractivity contribution is -0.142. The first-order chi connectivity index (χ1) is 26.9. The van der Waals surface area contributed by atoms with Crippen molar-refractivity contribution in [3.05, 3.63) is 35.9 Å². The number of guanidine groups is 2. The summed E-state index contributed by atoms with van der Waals surface area (Å²) in [7, 11) is 0. The van der Waals surface area contributed by atoms with Crippen molar-refractivity contribution in [1.29, 1.82) is 0 Å². The number of rotatable bonds is 27. The monoisotopic (exact) mass is 802 g/mol. The molecule has 1 aromatic carbocycles. The number of aldehydes is 1. The van der Waals surface area contributed by atoms with Gasteiger partial charge in [-0.15, -0.1) is 0 Å². The molecule has 20 nitrogen and oxygen atoms in total. The smallest absolute Gasteiger partial charge is 0.305 e. The number of benzene rings is 1. The summed E-state index contributed by atoms with van der Waals surface area (Å²) in [6, 6.07) is 1.73. The van der Waals surface area contributed by atoms with E-state index in [-0.39, 0.29) is 50.7 Å². The molecule has 5 amide bonds. The van der Waals surface area contributed by atoms with Crippen molar-refractivity contribution in [3.63, 3.8) is 0 Å². The highest BCUT2D eigenvalue weighted by Crippen LogP contribution is 2.13. The fourth-order valence-corrected chi connectivity index (χ4v) is 5.53. The minimum absolute atomic E-state index is 0.0610. The van der Waals surface area contributed by atoms with E-state index >= 15 is 0 Å². The zero-order chi connectivity index (χ0) is 43.1. The van der Waals surface area contributed by atoms with Crippen LogP contribution >= 0.6 is 0 Å². The molecule has 8 atom stereocenters. The molecule has 57 heavy (non-hydrogen) atoms. The van der Waals surface area contributed by atoms with Crippen LogP contribution in [-0.4, -0.2) is 108 Å². The van der Waals surface area contributed by atoms with Crippen molar-refractivity contribution < 1.29 is 38.7 Å². The van der Waals surface area contributed by atoms with Crippen molar-refractivity contribution in [2.75, 3.05) is 13.1 Å². The zero-order valence-electron chi connectivity index (χ0n) is 33.2. The van der Waals surface area contributed by atoms with E-state index in [1.807, 2.05) is 25.1 Å². The van der Waals surface area contributed by atoms with Crippen LogP contribution in [0.25, 0.3) is 0 Å². The first kappa shape index (κ1) is 49.2. The number of carbonyl (C=O) groups excluding carboxylic acids is 6. The third kappa shape index (κ3) is 19.1. The Kier molecular flexibility index (Phi) is 22.6. The third-order valence-corrected chi connectivity index (χ3v) is 9.27. The van der Waals surface area contributed by atoms with Crippen molar-refractivity contribution in [3.8, 4) is 0 Å². The molecule has 0 bridgehead atoms. The number of carbonyl (C=O) groups is 7. The number of hydrogen-bond acceptors (Lipinski definition) is 10. The number of carboxylic acids is 1. The summed E-state index contributed by atoms with van der Waals surface area (Å²) < 4.78 is 0. The van der Waals surface area contributed by atoms with E-state index in [4.69, 9.17) is 28.7 Å². The van der Waals surface area contributed by atoms with Crippen LogP contribution in [0.4, 0.5) is 0 Å².